The summed E-state index contributed by atoms with van der Waals surface area (Å²) < 4.78 is 1.38. The maximum atomic E-state index is 12.7. The fourth-order valence-corrected chi connectivity index (χ4v) is 3.59. The van der Waals surface area contributed by atoms with Crippen molar-refractivity contribution in [2.45, 2.75) is 32.7 Å². The second-order valence-corrected chi connectivity index (χ2v) is 7.16. The number of fused-ring (bicyclic) bond motifs is 1. The van der Waals surface area contributed by atoms with E-state index in [9.17, 15) is 14.4 Å². The van der Waals surface area contributed by atoms with E-state index in [1.165, 1.54) is 21.9 Å². The van der Waals surface area contributed by atoms with Crippen LogP contribution < -0.4 is 10.9 Å². The van der Waals surface area contributed by atoms with Gasteiger partial charge >= 0.3 is 0 Å². The SMILES string of the molecule is CC(C)NC(=O)C1CCCN(C(=O)c2cnc3sccn3c2=O)C1. The summed E-state index contributed by atoms with van der Waals surface area (Å²) in [7, 11) is 0. The van der Waals surface area contributed by atoms with Crippen LogP contribution in [0.4, 0.5) is 0 Å². The molecular weight excluding hydrogens is 328 g/mol. The highest BCUT2D eigenvalue weighted by atomic mass is 32.1. The molecule has 2 amide bonds. The van der Waals surface area contributed by atoms with Crippen LogP contribution in [0.25, 0.3) is 4.96 Å². The standard InChI is InChI=1S/C16H20N4O3S/c1-10(2)18-13(21)11-4-3-5-19(9-11)14(22)12-8-17-16-20(15(12)23)6-7-24-16/h6-8,10-11H,3-5,9H2,1-2H3,(H,18,21). The average Bonchev–Trinajstić information content (AvgIpc) is 3.04. The molecule has 1 saturated heterocycles. The number of hydrogen-bond donors (Lipinski definition) is 1. The molecule has 7 nitrogen and oxygen atoms in total. The molecular formula is C16H20N4O3S. The molecule has 0 radical (unpaired) electrons. The molecule has 1 aliphatic heterocycles. The van der Waals surface area contributed by atoms with Crippen molar-refractivity contribution in [3.8, 4) is 0 Å². The van der Waals surface area contributed by atoms with Gasteiger partial charge in [0.2, 0.25) is 5.91 Å². The van der Waals surface area contributed by atoms with Crippen molar-refractivity contribution in [2.24, 2.45) is 5.92 Å². The highest BCUT2D eigenvalue weighted by molar-refractivity contribution is 7.15. The topological polar surface area (TPSA) is 83.8 Å². The van der Waals surface area contributed by atoms with Crippen LogP contribution in [-0.4, -0.2) is 45.2 Å². The molecule has 0 spiro atoms. The van der Waals surface area contributed by atoms with Crippen molar-refractivity contribution >= 4 is 28.1 Å². The molecule has 0 saturated carbocycles. The number of piperidine rings is 1. The molecule has 3 rings (SSSR count). The fourth-order valence-electron chi connectivity index (χ4n) is 2.92. The lowest BCUT2D eigenvalue weighted by Crippen LogP contribution is -2.47. The number of hydrogen-bond acceptors (Lipinski definition) is 5. The van der Waals surface area contributed by atoms with Gasteiger partial charge in [-0.1, -0.05) is 0 Å². The Labute approximate surface area is 143 Å². The van der Waals surface area contributed by atoms with Gasteiger partial charge in [0.25, 0.3) is 11.5 Å². The predicted molar refractivity (Wildman–Crippen MR) is 91.2 cm³/mol. The molecule has 128 valence electrons. The molecule has 2 aromatic heterocycles. The van der Waals surface area contributed by atoms with Gasteiger partial charge in [-0.15, -0.1) is 11.3 Å². The summed E-state index contributed by atoms with van der Waals surface area (Å²) in [6.45, 7) is 4.71. The Kier molecular flexibility index (Phi) is 4.66. The minimum atomic E-state index is -0.361. The quantitative estimate of drug-likeness (QED) is 0.901. The second-order valence-electron chi connectivity index (χ2n) is 6.29. The van der Waals surface area contributed by atoms with Gasteiger partial charge in [0, 0.05) is 36.9 Å². The van der Waals surface area contributed by atoms with E-state index in [0.29, 0.717) is 18.1 Å². The van der Waals surface area contributed by atoms with Gasteiger partial charge in [0.05, 0.1) is 5.92 Å². The molecule has 1 unspecified atom stereocenters. The molecule has 1 fully saturated rings. The first kappa shape index (κ1) is 16.6. The zero-order valence-electron chi connectivity index (χ0n) is 13.7. The van der Waals surface area contributed by atoms with Gasteiger partial charge < -0.3 is 10.2 Å². The lowest BCUT2D eigenvalue weighted by molar-refractivity contribution is -0.126. The number of carbonyl (C=O) groups excluding carboxylic acids is 2. The van der Waals surface area contributed by atoms with E-state index in [-0.39, 0.29) is 34.9 Å². The van der Waals surface area contributed by atoms with Gasteiger partial charge in [0.1, 0.15) is 5.56 Å². The van der Waals surface area contributed by atoms with Crippen molar-refractivity contribution in [1.29, 1.82) is 0 Å². The Morgan fingerprint density at radius 3 is 2.96 bits per heavy atom. The summed E-state index contributed by atoms with van der Waals surface area (Å²) in [4.78, 5) is 43.7. The lowest BCUT2D eigenvalue weighted by atomic mass is 9.96. The van der Waals surface area contributed by atoms with Crippen molar-refractivity contribution < 1.29 is 9.59 Å². The minimum Gasteiger partial charge on any atom is -0.354 e. The first-order chi connectivity index (χ1) is 11.5. The average molecular weight is 348 g/mol. The van der Waals surface area contributed by atoms with E-state index >= 15 is 0 Å². The van der Waals surface area contributed by atoms with Crippen LogP contribution in [0.1, 0.15) is 37.0 Å². The molecule has 1 aliphatic rings. The normalized spacial score (nSPS) is 18.1. The minimum absolute atomic E-state index is 0.0365. The number of amides is 2. The van der Waals surface area contributed by atoms with E-state index in [4.69, 9.17) is 0 Å². The largest absolute Gasteiger partial charge is 0.354 e. The van der Waals surface area contributed by atoms with Crippen LogP contribution in [0.5, 0.6) is 0 Å². The van der Waals surface area contributed by atoms with E-state index in [0.717, 1.165) is 12.8 Å². The number of likely N-dealkylation sites (tertiary alicyclic amines) is 1. The molecule has 0 bridgehead atoms. The van der Waals surface area contributed by atoms with Crippen LogP contribution in [0.2, 0.25) is 0 Å². The number of nitrogens with zero attached hydrogens (tertiary/aromatic N) is 3. The second kappa shape index (κ2) is 6.72. The Balaban J connectivity index is 1.79. The third-order valence-corrected chi connectivity index (χ3v) is 4.85. The van der Waals surface area contributed by atoms with Crippen molar-refractivity contribution in [3.63, 3.8) is 0 Å². The molecule has 0 aromatic carbocycles. The molecule has 0 aliphatic carbocycles. The maximum absolute atomic E-state index is 12.7. The van der Waals surface area contributed by atoms with Crippen LogP contribution in [0.15, 0.2) is 22.6 Å². The number of thiazole rings is 1. The van der Waals surface area contributed by atoms with Gasteiger partial charge in [-0.05, 0) is 26.7 Å². The van der Waals surface area contributed by atoms with E-state index in [1.807, 2.05) is 13.8 Å². The van der Waals surface area contributed by atoms with Crippen molar-refractivity contribution in [2.75, 3.05) is 13.1 Å². The fraction of sp³-hybridized carbons (Fsp3) is 0.500. The summed E-state index contributed by atoms with van der Waals surface area (Å²) in [5, 5.41) is 4.65. The van der Waals surface area contributed by atoms with Gasteiger partial charge in [-0.25, -0.2) is 4.98 Å². The maximum Gasteiger partial charge on any atom is 0.271 e. The highest BCUT2D eigenvalue weighted by Crippen LogP contribution is 2.18. The molecule has 3 heterocycles. The third-order valence-electron chi connectivity index (χ3n) is 4.08. The zero-order valence-corrected chi connectivity index (χ0v) is 14.5. The first-order valence-electron chi connectivity index (χ1n) is 8.02. The van der Waals surface area contributed by atoms with E-state index in [2.05, 4.69) is 10.3 Å². The highest BCUT2D eigenvalue weighted by Gasteiger charge is 2.30. The van der Waals surface area contributed by atoms with Gasteiger partial charge in [-0.3, -0.25) is 18.8 Å². The molecule has 1 N–H and O–H groups in total. The summed E-state index contributed by atoms with van der Waals surface area (Å²) in [5.74, 6) is -0.619. The number of rotatable bonds is 3. The Morgan fingerprint density at radius 1 is 1.42 bits per heavy atom. The van der Waals surface area contributed by atoms with Crippen LogP contribution >= 0.6 is 11.3 Å². The van der Waals surface area contributed by atoms with E-state index < -0.39 is 0 Å². The molecule has 2 aromatic rings. The first-order valence-corrected chi connectivity index (χ1v) is 8.90. The smallest absolute Gasteiger partial charge is 0.271 e. The third kappa shape index (κ3) is 3.19. The summed E-state index contributed by atoms with van der Waals surface area (Å²) in [6, 6.07) is 0.0680. The van der Waals surface area contributed by atoms with Crippen molar-refractivity contribution in [3.05, 3.63) is 33.7 Å². The predicted octanol–water partition coefficient (Wildman–Crippen LogP) is 1.13. The molecule has 8 heteroatoms. The zero-order chi connectivity index (χ0) is 17.3. The van der Waals surface area contributed by atoms with Crippen molar-refractivity contribution in [1.82, 2.24) is 19.6 Å². The summed E-state index contributed by atoms with van der Waals surface area (Å²) in [6.07, 6.45) is 4.45. The monoisotopic (exact) mass is 348 g/mol. The number of carbonyl (C=O) groups is 2. The molecule has 1 atom stereocenters. The van der Waals surface area contributed by atoms with Crippen LogP contribution in [0.3, 0.4) is 0 Å². The van der Waals surface area contributed by atoms with Crippen LogP contribution in [0, 0.1) is 5.92 Å². The summed E-state index contributed by atoms with van der Waals surface area (Å²) in [5.41, 5.74) is -0.309. The Bertz CT molecular complexity index is 826. The number of aromatic nitrogens is 2. The Morgan fingerprint density at radius 2 is 2.21 bits per heavy atom. The lowest BCUT2D eigenvalue weighted by Gasteiger charge is -2.32. The van der Waals surface area contributed by atoms with Gasteiger partial charge in [0.15, 0.2) is 4.96 Å². The van der Waals surface area contributed by atoms with Crippen LogP contribution in [-0.2, 0) is 4.79 Å². The van der Waals surface area contributed by atoms with Gasteiger partial charge in [-0.2, -0.15) is 0 Å². The number of nitrogens with one attached hydrogen (secondary N) is 1. The van der Waals surface area contributed by atoms with E-state index in [1.54, 1.807) is 16.5 Å². The molecule has 24 heavy (non-hydrogen) atoms. The Hall–Kier alpha value is -2.22. The summed E-state index contributed by atoms with van der Waals surface area (Å²) >= 11 is 1.34.